The van der Waals surface area contributed by atoms with Crippen LogP contribution in [0.1, 0.15) is 11.3 Å². The van der Waals surface area contributed by atoms with Crippen molar-refractivity contribution in [3.63, 3.8) is 0 Å². The molecule has 144 valence electrons. The molecule has 8 nitrogen and oxygen atoms in total. The highest BCUT2D eigenvalue weighted by molar-refractivity contribution is 7.89. The zero-order valence-corrected chi connectivity index (χ0v) is 15.6. The van der Waals surface area contributed by atoms with Gasteiger partial charge in [0.1, 0.15) is 5.76 Å². The molecule has 0 aliphatic rings. The maximum Gasteiger partial charge on any atom is 0.255 e. The smallest absolute Gasteiger partial charge is 0.255 e. The number of sulfonamides is 1. The van der Waals surface area contributed by atoms with Crippen LogP contribution in [0.25, 0.3) is 0 Å². The van der Waals surface area contributed by atoms with Crippen LogP contribution in [-0.4, -0.2) is 36.4 Å². The summed E-state index contributed by atoms with van der Waals surface area (Å²) >= 11 is 0. The van der Waals surface area contributed by atoms with Crippen LogP contribution in [0.2, 0.25) is 0 Å². The lowest BCUT2D eigenvalue weighted by Crippen LogP contribution is -2.38. The number of nitrogens with one attached hydrogen (secondary N) is 1. The molecule has 9 heteroatoms. The average molecular weight is 398 g/mol. The van der Waals surface area contributed by atoms with E-state index >= 15 is 0 Å². The fraction of sp³-hybridized carbons (Fsp3) is 0.105. The second-order valence-corrected chi connectivity index (χ2v) is 7.68. The van der Waals surface area contributed by atoms with E-state index in [4.69, 9.17) is 4.42 Å². The Labute approximate surface area is 162 Å². The number of nitrogens with zero attached hydrogens (tertiary/aromatic N) is 3. The van der Waals surface area contributed by atoms with E-state index in [1.165, 1.54) is 24.6 Å². The van der Waals surface area contributed by atoms with Crippen molar-refractivity contribution >= 4 is 22.1 Å². The third-order valence-corrected chi connectivity index (χ3v) is 5.51. The number of amides is 1. The number of rotatable bonds is 8. The third-order valence-electron chi connectivity index (χ3n) is 3.70. The quantitative estimate of drug-likeness (QED) is 0.462. The van der Waals surface area contributed by atoms with Gasteiger partial charge in [0.25, 0.3) is 5.91 Å². The average Bonchev–Trinajstić information content (AvgIpc) is 3.22. The summed E-state index contributed by atoms with van der Waals surface area (Å²) < 4.78 is 32.2. The lowest BCUT2D eigenvalue weighted by Gasteiger charge is -2.20. The van der Waals surface area contributed by atoms with Gasteiger partial charge in [-0.1, -0.05) is 24.3 Å². The Morgan fingerprint density at radius 3 is 2.64 bits per heavy atom. The first kappa shape index (κ1) is 19.5. The van der Waals surface area contributed by atoms with Crippen LogP contribution >= 0.6 is 0 Å². The summed E-state index contributed by atoms with van der Waals surface area (Å²) in [7, 11) is -3.90. The summed E-state index contributed by atoms with van der Waals surface area (Å²) in [5.74, 6) is -0.155. The van der Waals surface area contributed by atoms with Crippen molar-refractivity contribution in [1.29, 1.82) is 0 Å². The zero-order valence-electron chi connectivity index (χ0n) is 14.8. The molecular weight excluding hydrogens is 380 g/mol. The minimum Gasteiger partial charge on any atom is -0.468 e. The fourth-order valence-electron chi connectivity index (χ4n) is 2.37. The molecule has 0 spiro atoms. The van der Waals surface area contributed by atoms with E-state index in [1.807, 2.05) is 0 Å². The molecule has 28 heavy (non-hydrogen) atoms. The zero-order chi connectivity index (χ0) is 19.8. The molecule has 0 fully saturated rings. The van der Waals surface area contributed by atoms with Crippen molar-refractivity contribution in [1.82, 2.24) is 14.7 Å². The molecular formula is C19H18N4O4S. The van der Waals surface area contributed by atoms with Crippen LogP contribution < -0.4 is 5.43 Å². The summed E-state index contributed by atoms with van der Waals surface area (Å²) in [6, 6.07) is 14.7. The number of hydrogen-bond donors (Lipinski definition) is 1. The van der Waals surface area contributed by atoms with Gasteiger partial charge >= 0.3 is 0 Å². The molecule has 2 aromatic heterocycles. The fourth-order valence-corrected chi connectivity index (χ4v) is 3.75. The summed E-state index contributed by atoms with van der Waals surface area (Å²) in [6.07, 6.45) is 6.07. The third kappa shape index (κ3) is 5.12. The SMILES string of the molecule is O=C(CN(Cc1ccco1)S(=O)(=O)c1ccccc1)N/N=C/c1cccnc1. The van der Waals surface area contributed by atoms with E-state index < -0.39 is 22.5 Å². The van der Waals surface area contributed by atoms with Gasteiger partial charge in [0, 0.05) is 18.0 Å². The van der Waals surface area contributed by atoms with Crippen molar-refractivity contribution < 1.29 is 17.6 Å². The second-order valence-electron chi connectivity index (χ2n) is 5.75. The van der Waals surface area contributed by atoms with E-state index in [0.29, 0.717) is 11.3 Å². The number of aromatic nitrogens is 1. The molecule has 0 saturated heterocycles. The van der Waals surface area contributed by atoms with Gasteiger partial charge in [0.15, 0.2) is 0 Å². The van der Waals surface area contributed by atoms with Gasteiger partial charge in [-0.05, 0) is 30.3 Å². The number of hydrazone groups is 1. The Balaban J connectivity index is 1.73. The van der Waals surface area contributed by atoms with Gasteiger partial charge < -0.3 is 4.42 Å². The maximum absolute atomic E-state index is 12.9. The Bertz CT molecular complexity index is 1020. The summed E-state index contributed by atoms with van der Waals surface area (Å²) in [5, 5.41) is 3.84. The Kier molecular flexibility index (Phi) is 6.30. The van der Waals surface area contributed by atoms with Crippen molar-refractivity contribution in [3.05, 3.63) is 84.6 Å². The molecule has 0 radical (unpaired) electrons. The van der Waals surface area contributed by atoms with Gasteiger partial charge in [0.2, 0.25) is 10.0 Å². The van der Waals surface area contributed by atoms with E-state index in [-0.39, 0.29) is 11.4 Å². The normalized spacial score (nSPS) is 11.8. The molecule has 1 amide bonds. The molecule has 3 rings (SSSR count). The lowest BCUT2D eigenvalue weighted by atomic mass is 10.3. The first-order valence-electron chi connectivity index (χ1n) is 8.35. The molecule has 1 aromatic carbocycles. The number of benzene rings is 1. The highest BCUT2D eigenvalue weighted by Gasteiger charge is 2.27. The van der Waals surface area contributed by atoms with Crippen LogP contribution in [0.4, 0.5) is 0 Å². The van der Waals surface area contributed by atoms with Gasteiger partial charge in [-0.15, -0.1) is 0 Å². The lowest BCUT2D eigenvalue weighted by molar-refractivity contribution is -0.121. The molecule has 2 heterocycles. The number of carbonyl (C=O) groups is 1. The van der Waals surface area contributed by atoms with E-state index in [9.17, 15) is 13.2 Å². The molecule has 3 aromatic rings. The highest BCUT2D eigenvalue weighted by atomic mass is 32.2. The number of hydrogen-bond acceptors (Lipinski definition) is 6. The second kappa shape index (κ2) is 9.07. The van der Waals surface area contributed by atoms with Crippen molar-refractivity contribution in [3.8, 4) is 0 Å². The van der Waals surface area contributed by atoms with Crippen molar-refractivity contribution in [2.24, 2.45) is 5.10 Å². The Hall–Kier alpha value is -3.30. The minimum atomic E-state index is -3.90. The maximum atomic E-state index is 12.9. The molecule has 1 N–H and O–H groups in total. The van der Waals surface area contributed by atoms with E-state index in [0.717, 1.165) is 4.31 Å². The van der Waals surface area contributed by atoms with Crippen LogP contribution in [0.3, 0.4) is 0 Å². The summed E-state index contributed by atoms with van der Waals surface area (Å²) in [5.41, 5.74) is 3.03. The topological polar surface area (TPSA) is 105 Å². The Morgan fingerprint density at radius 2 is 1.96 bits per heavy atom. The number of pyridine rings is 1. The molecule has 0 unspecified atom stereocenters. The molecule has 0 saturated carbocycles. The Morgan fingerprint density at radius 1 is 1.14 bits per heavy atom. The van der Waals surface area contributed by atoms with Crippen LogP contribution in [-0.2, 0) is 21.4 Å². The van der Waals surface area contributed by atoms with Crippen LogP contribution in [0.15, 0.2) is 87.7 Å². The van der Waals surface area contributed by atoms with Gasteiger partial charge in [0.05, 0.1) is 30.5 Å². The van der Waals surface area contributed by atoms with E-state index in [1.54, 1.807) is 54.9 Å². The van der Waals surface area contributed by atoms with Gasteiger partial charge in [-0.3, -0.25) is 9.78 Å². The largest absolute Gasteiger partial charge is 0.468 e. The molecule has 0 aliphatic heterocycles. The molecule has 0 atom stereocenters. The van der Waals surface area contributed by atoms with Gasteiger partial charge in [-0.2, -0.15) is 9.41 Å². The van der Waals surface area contributed by atoms with Crippen molar-refractivity contribution in [2.45, 2.75) is 11.4 Å². The molecule has 0 aliphatic carbocycles. The standard InChI is InChI=1S/C19H18N4O4S/c24-19(22-21-13-16-6-4-10-20-12-16)15-23(14-17-7-5-11-27-17)28(25,26)18-8-2-1-3-9-18/h1-13H,14-15H2,(H,22,24)/b21-13+. The minimum absolute atomic E-state index is 0.0794. The number of furan rings is 1. The van der Waals surface area contributed by atoms with Crippen LogP contribution in [0.5, 0.6) is 0 Å². The first-order valence-corrected chi connectivity index (χ1v) is 9.79. The first-order chi connectivity index (χ1) is 13.6. The van der Waals surface area contributed by atoms with E-state index in [2.05, 4.69) is 15.5 Å². The summed E-state index contributed by atoms with van der Waals surface area (Å²) in [6.45, 7) is -0.494. The van der Waals surface area contributed by atoms with Gasteiger partial charge in [-0.25, -0.2) is 13.8 Å². The van der Waals surface area contributed by atoms with Crippen molar-refractivity contribution in [2.75, 3.05) is 6.54 Å². The molecule has 0 bridgehead atoms. The highest BCUT2D eigenvalue weighted by Crippen LogP contribution is 2.18. The predicted molar refractivity (Wildman–Crippen MR) is 103 cm³/mol. The monoisotopic (exact) mass is 398 g/mol. The van der Waals surface area contributed by atoms with Crippen LogP contribution in [0, 0.1) is 0 Å². The number of carbonyl (C=O) groups excluding carboxylic acids is 1. The predicted octanol–water partition coefficient (Wildman–Crippen LogP) is 2.02. The summed E-state index contributed by atoms with van der Waals surface area (Å²) in [4.78, 5) is 16.3.